The highest BCUT2D eigenvalue weighted by Gasteiger charge is 2.31. The van der Waals surface area contributed by atoms with Crippen LogP contribution in [0.2, 0.25) is 0 Å². The molecule has 0 atom stereocenters. The molecule has 0 bridgehead atoms. The lowest BCUT2D eigenvalue weighted by Crippen LogP contribution is -1.94. The number of phosphoric ester groups is 1. The molecule has 6 heteroatoms. The molecule has 0 unspecified atom stereocenters. The highest BCUT2D eigenvalue weighted by atomic mass is 31.2. The van der Waals surface area contributed by atoms with Crippen LogP contribution in [0.5, 0.6) is 0 Å². The van der Waals surface area contributed by atoms with E-state index in [0.29, 0.717) is 19.8 Å². The van der Waals surface area contributed by atoms with E-state index in [9.17, 15) is 4.57 Å². The summed E-state index contributed by atoms with van der Waals surface area (Å²) < 4.78 is 25.9. The third-order valence-corrected chi connectivity index (χ3v) is 3.13. The Morgan fingerprint density at radius 3 is 2.54 bits per heavy atom. The summed E-state index contributed by atoms with van der Waals surface area (Å²) in [6.45, 7) is 1.23. The molecule has 0 aliphatic carbocycles. The van der Waals surface area contributed by atoms with Crippen LogP contribution >= 0.6 is 7.82 Å². The van der Waals surface area contributed by atoms with Gasteiger partial charge in [-0.3, -0.25) is 13.6 Å². The third-order valence-electron chi connectivity index (χ3n) is 1.63. The van der Waals surface area contributed by atoms with Gasteiger partial charge in [-0.2, -0.15) is 0 Å². The van der Waals surface area contributed by atoms with Crippen molar-refractivity contribution in [1.82, 2.24) is 0 Å². The fourth-order valence-corrected chi connectivity index (χ4v) is 2.15. The number of hydrogen-bond acceptors (Lipinski definition) is 5. The van der Waals surface area contributed by atoms with Gasteiger partial charge in [0.25, 0.3) is 0 Å². The minimum absolute atomic E-state index is 0.185. The largest absolute Gasteiger partial charge is 0.474 e. The molecule has 0 saturated carbocycles. The number of hydrogen-bond donors (Lipinski definition) is 1. The summed E-state index contributed by atoms with van der Waals surface area (Å²) in [5, 5.41) is 8.48. The number of unbranched alkanes of at least 4 members (excludes halogenated alkanes) is 2. The first-order chi connectivity index (χ1) is 6.27. The first-order valence-electron chi connectivity index (χ1n) is 4.41. The number of phosphoric acid groups is 1. The lowest BCUT2D eigenvalue weighted by atomic mass is 10.2. The van der Waals surface area contributed by atoms with Crippen molar-refractivity contribution >= 4 is 7.82 Å². The summed E-state index contributed by atoms with van der Waals surface area (Å²) >= 11 is 0. The molecule has 0 aromatic carbocycles. The van der Waals surface area contributed by atoms with E-state index in [-0.39, 0.29) is 6.61 Å². The lowest BCUT2D eigenvalue weighted by molar-refractivity contribution is 0.185. The fourth-order valence-electron chi connectivity index (χ4n) is 0.977. The first kappa shape index (κ1) is 11.1. The highest BCUT2D eigenvalue weighted by Crippen LogP contribution is 2.52. The molecule has 0 aromatic rings. The van der Waals surface area contributed by atoms with E-state index in [2.05, 4.69) is 0 Å². The molecule has 1 heterocycles. The third kappa shape index (κ3) is 4.20. The Kier molecular flexibility index (Phi) is 4.91. The first-order valence-corrected chi connectivity index (χ1v) is 5.87. The summed E-state index contributed by atoms with van der Waals surface area (Å²) in [7, 11) is -3.18. The summed E-state index contributed by atoms with van der Waals surface area (Å²) in [4.78, 5) is 0. The van der Waals surface area contributed by atoms with Crippen molar-refractivity contribution in [3.05, 3.63) is 0 Å². The number of aliphatic hydroxyl groups excluding tert-OH is 1. The van der Waals surface area contributed by atoms with Crippen molar-refractivity contribution in [3.8, 4) is 0 Å². The van der Waals surface area contributed by atoms with Crippen molar-refractivity contribution in [2.45, 2.75) is 19.3 Å². The average molecular weight is 210 g/mol. The standard InChI is InChI=1S/C7H15O5P/c8-4-2-1-3-5-10-13(9)11-6-7-12-13/h8H,1-7H2. The molecule has 1 N–H and O–H groups in total. The highest BCUT2D eigenvalue weighted by molar-refractivity contribution is 7.48. The Morgan fingerprint density at radius 2 is 1.92 bits per heavy atom. The Hall–Kier alpha value is 0.0700. The van der Waals surface area contributed by atoms with Crippen LogP contribution < -0.4 is 0 Å². The van der Waals surface area contributed by atoms with Crippen molar-refractivity contribution in [1.29, 1.82) is 0 Å². The zero-order valence-electron chi connectivity index (χ0n) is 7.48. The minimum atomic E-state index is -3.18. The van der Waals surface area contributed by atoms with E-state index in [1.807, 2.05) is 0 Å². The van der Waals surface area contributed by atoms with Gasteiger partial charge >= 0.3 is 7.82 Å². The van der Waals surface area contributed by atoms with Crippen LogP contribution in [0.1, 0.15) is 19.3 Å². The second kappa shape index (κ2) is 5.73. The van der Waals surface area contributed by atoms with Gasteiger partial charge < -0.3 is 5.11 Å². The maximum Gasteiger partial charge on any atom is 0.474 e. The van der Waals surface area contributed by atoms with E-state index < -0.39 is 7.82 Å². The molecule has 5 nitrogen and oxygen atoms in total. The van der Waals surface area contributed by atoms with Gasteiger partial charge in [0.05, 0.1) is 19.8 Å². The van der Waals surface area contributed by atoms with Crippen molar-refractivity contribution in [2.24, 2.45) is 0 Å². The SMILES string of the molecule is O=P1(OCCCCCO)OCCO1. The predicted octanol–water partition coefficient (Wildman–Crippen LogP) is 1.32. The van der Waals surface area contributed by atoms with Gasteiger partial charge in [0.15, 0.2) is 0 Å². The normalized spacial score (nSPS) is 20.7. The number of rotatable bonds is 6. The van der Waals surface area contributed by atoms with Crippen LogP contribution in [0.25, 0.3) is 0 Å². The zero-order valence-corrected chi connectivity index (χ0v) is 8.37. The van der Waals surface area contributed by atoms with Crippen LogP contribution in [-0.4, -0.2) is 31.5 Å². The maximum absolute atomic E-state index is 11.3. The Labute approximate surface area is 77.6 Å². The monoisotopic (exact) mass is 210 g/mol. The molecular weight excluding hydrogens is 195 g/mol. The van der Waals surface area contributed by atoms with Crippen LogP contribution in [-0.2, 0) is 18.1 Å². The van der Waals surface area contributed by atoms with Gasteiger partial charge in [0.2, 0.25) is 0 Å². The van der Waals surface area contributed by atoms with Crippen molar-refractivity contribution in [2.75, 3.05) is 26.4 Å². The molecule has 1 saturated heterocycles. The Bertz CT molecular complexity index is 174. The van der Waals surface area contributed by atoms with E-state index in [1.165, 1.54) is 0 Å². The summed E-state index contributed by atoms with van der Waals surface area (Å²) in [6, 6.07) is 0. The van der Waals surface area contributed by atoms with E-state index in [0.717, 1.165) is 19.3 Å². The Balaban J connectivity index is 2.01. The zero-order chi connectivity index (χ0) is 9.57. The van der Waals surface area contributed by atoms with Gasteiger partial charge in [-0.05, 0) is 19.3 Å². The average Bonchev–Trinajstić information content (AvgIpc) is 2.53. The van der Waals surface area contributed by atoms with Gasteiger partial charge in [0.1, 0.15) is 0 Å². The molecular formula is C7H15O5P. The molecule has 1 aliphatic rings. The molecule has 13 heavy (non-hydrogen) atoms. The lowest BCUT2D eigenvalue weighted by Gasteiger charge is -2.08. The van der Waals surface area contributed by atoms with E-state index in [1.54, 1.807) is 0 Å². The molecule has 1 aliphatic heterocycles. The molecule has 0 amide bonds. The summed E-state index contributed by atoms with van der Waals surface area (Å²) in [6.07, 6.45) is 2.36. The molecule has 0 radical (unpaired) electrons. The molecule has 78 valence electrons. The van der Waals surface area contributed by atoms with Crippen LogP contribution in [0.15, 0.2) is 0 Å². The summed E-state index contributed by atoms with van der Waals surface area (Å²) in [5.74, 6) is 0. The quantitative estimate of drug-likeness (QED) is 0.529. The smallest absolute Gasteiger partial charge is 0.396 e. The molecule has 1 fully saturated rings. The van der Waals surface area contributed by atoms with Gasteiger partial charge in [-0.1, -0.05) is 0 Å². The minimum Gasteiger partial charge on any atom is -0.396 e. The molecule has 0 aromatic heterocycles. The summed E-state index contributed by atoms with van der Waals surface area (Å²) in [5.41, 5.74) is 0. The maximum atomic E-state index is 11.3. The number of aliphatic hydroxyl groups is 1. The van der Waals surface area contributed by atoms with Gasteiger partial charge in [-0.25, -0.2) is 4.57 Å². The fraction of sp³-hybridized carbons (Fsp3) is 1.00. The molecule has 0 spiro atoms. The Morgan fingerprint density at radius 1 is 1.23 bits per heavy atom. The molecule has 1 rings (SSSR count). The van der Waals surface area contributed by atoms with Crippen LogP contribution in [0.3, 0.4) is 0 Å². The second-order valence-electron chi connectivity index (χ2n) is 2.73. The van der Waals surface area contributed by atoms with Crippen LogP contribution in [0, 0.1) is 0 Å². The second-order valence-corrected chi connectivity index (χ2v) is 4.40. The topological polar surface area (TPSA) is 65.0 Å². The van der Waals surface area contributed by atoms with Gasteiger partial charge in [0, 0.05) is 6.61 Å². The van der Waals surface area contributed by atoms with Crippen molar-refractivity contribution in [3.63, 3.8) is 0 Å². The van der Waals surface area contributed by atoms with E-state index in [4.69, 9.17) is 18.7 Å². The van der Waals surface area contributed by atoms with E-state index >= 15 is 0 Å². The predicted molar refractivity (Wildman–Crippen MR) is 46.4 cm³/mol. The van der Waals surface area contributed by atoms with Crippen LogP contribution in [0.4, 0.5) is 0 Å². The van der Waals surface area contributed by atoms with Gasteiger partial charge in [-0.15, -0.1) is 0 Å². The van der Waals surface area contributed by atoms with Crippen molar-refractivity contribution < 1.29 is 23.2 Å².